The fourth-order valence-electron chi connectivity index (χ4n) is 3.84. The Morgan fingerprint density at radius 2 is 1.93 bits per heavy atom. The van der Waals surface area contributed by atoms with Gasteiger partial charge in [0.25, 0.3) is 0 Å². The van der Waals surface area contributed by atoms with Crippen molar-refractivity contribution in [3.63, 3.8) is 0 Å². The molecular weight excluding hydrogens is 352 g/mol. The highest BCUT2D eigenvalue weighted by atomic mass is 16.5. The van der Waals surface area contributed by atoms with Gasteiger partial charge >= 0.3 is 0 Å². The van der Waals surface area contributed by atoms with Crippen molar-refractivity contribution in [1.29, 1.82) is 0 Å². The number of hydrogen-bond donors (Lipinski definition) is 0. The van der Waals surface area contributed by atoms with Crippen molar-refractivity contribution in [1.82, 2.24) is 24.3 Å². The Morgan fingerprint density at radius 1 is 1.04 bits per heavy atom. The summed E-state index contributed by atoms with van der Waals surface area (Å²) in [4.78, 5) is 18.1. The van der Waals surface area contributed by atoms with Gasteiger partial charge in [0.15, 0.2) is 0 Å². The number of imidazole rings is 1. The first kappa shape index (κ1) is 16.9. The Bertz CT molecular complexity index is 1080. The standard InChI is InChI=1S/C21H22N6O/c1-28-21-18-12-17(5-6-19(18)22-15-23-21)26-10-8-25(9-11-26)13-16-14-27-7-3-2-4-20(27)24-16/h2-7,12,14-15H,8-11,13H2,1H3. The monoisotopic (exact) mass is 374 g/mol. The van der Waals surface area contributed by atoms with Crippen molar-refractivity contribution in [2.45, 2.75) is 6.54 Å². The lowest BCUT2D eigenvalue weighted by molar-refractivity contribution is 0.247. The fourth-order valence-corrected chi connectivity index (χ4v) is 3.84. The molecule has 1 fully saturated rings. The summed E-state index contributed by atoms with van der Waals surface area (Å²) >= 11 is 0. The molecule has 7 nitrogen and oxygen atoms in total. The maximum absolute atomic E-state index is 5.39. The smallest absolute Gasteiger partial charge is 0.224 e. The van der Waals surface area contributed by atoms with Gasteiger partial charge in [-0.25, -0.2) is 15.0 Å². The van der Waals surface area contributed by atoms with Crippen LogP contribution in [0.1, 0.15) is 5.69 Å². The lowest BCUT2D eigenvalue weighted by atomic mass is 10.2. The Morgan fingerprint density at radius 3 is 2.75 bits per heavy atom. The first-order valence-electron chi connectivity index (χ1n) is 9.49. The molecule has 1 aromatic carbocycles. The molecule has 0 N–H and O–H groups in total. The Hall–Kier alpha value is -3.19. The van der Waals surface area contributed by atoms with Gasteiger partial charge in [0, 0.05) is 50.8 Å². The summed E-state index contributed by atoms with van der Waals surface area (Å²) < 4.78 is 7.47. The maximum Gasteiger partial charge on any atom is 0.224 e. The van der Waals surface area contributed by atoms with Crippen LogP contribution in [0.4, 0.5) is 5.69 Å². The van der Waals surface area contributed by atoms with Crippen LogP contribution in [0.3, 0.4) is 0 Å². The molecule has 4 heterocycles. The van der Waals surface area contributed by atoms with E-state index in [1.165, 1.54) is 5.69 Å². The van der Waals surface area contributed by atoms with Crippen LogP contribution in [0.15, 0.2) is 55.1 Å². The molecule has 0 amide bonds. The molecule has 7 heteroatoms. The van der Waals surface area contributed by atoms with E-state index < -0.39 is 0 Å². The lowest BCUT2D eigenvalue weighted by Crippen LogP contribution is -2.46. The zero-order valence-corrected chi connectivity index (χ0v) is 15.8. The largest absolute Gasteiger partial charge is 0.480 e. The van der Waals surface area contributed by atoms with Crippen molar-refractivity contribution in [2.24, 2.45) is 0 Å². The zero-order chi connectivity index (χ0) is 18.9. The van der Waals surface area contributed by atoms with Gasteiger partial charge in [-0.3, -0.25) is 4.90 Å². The molecule has 0 bridgehead atoms. The minimum absolute atomic E-state index is 0.623. The second-order valence-electron chi connectivity index (χ2n) is 7.05. The normalized spacial score (nSPS) is 15.4. The molecule has 0 atom stereocenters. The number of pyridine rings is 1. The van der Waals surface area contributed by atoms with Crippen LogP contribution in [0.5, 0.6) is 5.88 Å². The van der Waals surface area contributed by atoms with Crippen LogP contribution in [-0.2, 0) is 6.54 Å². The molecule has 0 aliphatic carbocycles. The summed E-state index contributed by atoms with van der Waals surface area (Å²) in [5.74, 6) is 0.623. The molecule has 0 unspecified atom stereocenters. The summed E-state index contributed by atoms with van der Waals surface area (Å²) in [6.07, 6.45) is 5.71. The second-order valence-corrected chi connectivity index (χ2v) is 7.05. The molecule has 0 radical (unpaired) electrons. The summed E-state index contributed by atoms with van der Waals surface area (Å²) in [6.45, 7) is 4.86. The second kappa shape index (κ2) is 7.09. The topological polar surface area (TPSA) is 58.8 Å². The average molecular weight is 374 g/mol. The van der Waals surface area contributed by atoms with Crippen LogP contribution in [0.25, 0.3) is 16.6 Å². The van der Waals surface area contributed by atoms with Gasteiger partial charge in [-0.1, -0.05) is 6.07 Å². The van der Waals surface area contributed by atoms with E-state index >= 15 is 0 Å². The molecule has 4 aromatic rings. The number of methoxy groups -OCH3 is 1. The summed E-state index contributed by atoms with van der Waals surface area (Å²) in [6, 6.07) is 12.4. The van der Waals surface area contributed by atoms with Gasteiger partial charge in [0.2, 0.25) is 5.88 Å². The van der Waals surface area contributed by atoms with Crippen LogP contribution < -0.4 is 9.64 Å². The first-order valence-corrected chi connectivity index (χ1v) is 9.49. The predicted molar refractivity (Wildman–Crippen MR) is 109 cm³/mol. The lowest BCUT2D eigenvalue weighted by Gasteiger charge is -2.35. The molecule has 1 aliphatic heterocycles. The average Bonchev–Trinajstić information content (AvgIpc) is 3.16. The molecule has 5 rings (SSSR count). The van der Waals surface area contributed by atoms with Crippen molar-refractivity contribution < 1.29 is 4.74 Å². The number of piperazine rings is 1. The van der Waals surface area contributed by atoms with E-state index in [-0.39, 0.29) is 0 Å². The van der Waals surface area contributed by atoms with Crippen molar-refractivity contribution in [3.8, 4) is 5.88 Å². The Kier molecular flexibility index (Phi) is 4.29. The van der Waals surface area contributed by atoms with Crippen LogP contribution in [-0.4, -0.2) is 57.5 Å². The van der Waals surface area contributed by atoms with E-state index in [1.54, 1.807) is 13.4 Å². The first-order chi connectivity index (χ1) is 13.8. The van der Waals surface area contributed by atoms with Gasteiger partial charge in [-0.2, -0.15) is 0 Å². The van der Waals surface area contributed by atoms with Gasteiger partial charge in [0.05, 0.1) is 23.7 Å². The molecule has 28 heavy (non-hydrogen) atoms. The molecule has 1 saturated heterocycles. The number of benzene rings is 1. The minimum atomic E-state index is 0.623. The highest BCUT2D eigenvalue weighted by Gasteiger charge is 2.19. The quantitative estimate of drug-likeness (QED) is 0.547. The number of fused-ring (bicyclic) bond motifs is 2. The van der Waals surface area contributed by atoms with Crippen LogP contribution in [0.2, 0.25) is 0 Å². The van der Waals surface area contributed by atoms with E-state index in [2.05, 4.69) is 42.5 Å². The molecule has 0 saturated carbocycles. The third-order valence-electron chi connectivity index (χ3n) is 5.31. The number of hydrogen-bond acceptors (Lipinski definition) is 6. The van der Waals surface area contributed by atoms with Crippen LogP contribution >= 0.6 is 0 Å². The predicted octanol–water partition coefficient (Wildman–Crippen LogP) is 2.61. The van der Waals surface area contributed by atoms with Gasteiger partial charge in [-0.05, 0) is 30.3 Å². The Labute approximate surface area is 163 Å². The highest BCUT2D eigenvalue weighted by Crippen LogP contribution is 2.27. The summed E-state index contributed by atoms with van der Waals surface area (Å²) in [5.41, 5.74) is 4.21. The van der Waals surface area contributed by atoms with Gasteiger partial charge < -0.3 is 14.0 Å². The van der Waals surface area contributed by atoms with E-state index in [4.69, 9.17) is 9.72 Å². The third kappa shape index (κ3) is 3.14. The number of anilines is 1. The van der Waals surface area contributed by atoms with Gasteiger partial charge in [0.1, 0.15) is 12.0 Å². The molecule has 1 aliphatic rings. The van der Waals surface area contributed by atoms with E-state index in [0.717, 1.165) is 55.0 Å². The number of ether oxygens (including phenoxy) is 1. The molecule has 3 aromatic heterocycles. The summed E-state index contributed by atoms with van der Waals surface area (Å²) in [5, 5.41) is 0.953. The minimum Gasteiger partial charge on any atom is -0.480 e. The third-order valence-corrected chi connectivity index (χ3v) is 5.31. The van der Waals surface area contributed by atoms with Crippen molar-refractivity contribution in [2.75, 3.05) is 38.2 Å². The van der Waals surface area contributed by atoms with Crippen molar-refractivity contribution >= 4 is 22.2 Å². The molecule has 0 spiro atoms. The molecule has 142 valence electrons. The van der Waals surface area contributed by atoms with Gasteiger partial charge in [-0.15, -0.1) is 0 Å². The van der Waals surface area contributed by atoms with E-state index in [0.29, 0.717) is 5.88 Å². The van der Waals surface area contributed by atoms with E-state index in [9.17, 15) is 0 Å². The maximum atomic E-state index is 5.39. The summed E-state index contributed by atoms with van der Waals surface area (Å²) in [7, 11) is 1.65. The molecular formula is C21H22N6O. The number of rotatable bonds is 4. The zero-order valence-electron chi connectivity index (χ0n) is 15.8. The van der Waals surface area contributed by atoms with Crippen LogP contribution in [0, 0.1) is 0 Å². The van der Waals surface area contributed by atoms with E-state index in [1.807, 2.05) is 30.5 Å². The highest BCUT2D eigenvalue weighted by molar-refractivity contribution is 5.86. The number of nitrogens with zero attached hydrogens (tertiary/aromatic N) is 6. The Balaban J connectivity index is 1.28. The van der Waals surface area contributed by atoms with Crippen molar-refractivity contribution in [3.05, 3.63) is 60.8 Å². The fraction of sp³-hybridized carbons (Fsp3) is 0.286. The number of aromatic nitrogens is 4. The SMILES string of the molecule is COc1ncnc2ccc(N3CCN(Cc4cn5ccccc5n4)CC3)cc12.